The Balaban J connectivity index is 2.09. The van der Waals surface area contributed by atoms with Crippen LogP contribution in [0.5, 0.6) is 0 Å². The van der Waals surface area contributed by atoms with Crippen LogP contribution in [-0.4, -0.2) is 31.1 Å². The van der Waals surface area contributed by atoms with E-state index in [0.29, 0.717) is 13.0 Å². The highest BCUT2D eigenvalue weighted by Crippen LogP contribution is 2.40. The van der Waals surface area contributed by atoms with Gasteiger partial charge in [0, 0.05) is 6.54 Å². The summed E-state index contributed by atoms with van der Waals surface area (Å²) in [5.41, 5.74) is -0.898. The molecular formula is C7H12F2N2. The Bertz CT molecular complexity index is 164. The molecule has 0 aromatic heterocycles. The lowest BCUT2D eigenvalue weighted by Gasteiger charge is -2.52. The van der Waals surface area contributed by atoms with Crippen molar-refractivity contribution in [2.75, 3.05) is 19.6 Å². The SMILES string of the molecule is FC1(F)CNC12CCCNC2. The lowest BCUT2D eigenvalue weighted by Crippen LogP contribution is -2.78. The molecule has 4 heteroatoms. The van der Waals surface area contributed by atoms with Crippen LogP contribution in [-0.2, 0) is 0 Å². The van der Waals surface area contributed by atoms with Crippen LogP contribution in [0.1, 0.15) is 12.8 Å². The largest absolute Gasteiger partial charge is 0.315 e. The van der Waals surface area contributed by atoms with Gasteiger partial charge < -0.3 is 5.32 Å². The summed E-state index contributed by atoms with van der Waals surface area (Å²) in [6.45, 7) is 1.15. The van der Waals surface area contributed by atoms with Crippen molar-refractivity contribution in [3.8, 4) is 0 Å². The summed E-state index contributed by atoms with van der Waals surface area (Å²) in [7, 11) is 0. The van der Waals surface area contributed by atoms with E-state index < -0.39 is 11.5 Å². The Morgan fingerprint density at radius 3 is 2.27 bits per heavy atom. The monoisotopic (exact) mass is 162 g/mol. The Kier molecular flexibility index (Phi) is 1.44. The summed E-state index contributed by atoms with van der Waals surface area (Å²) in [5.74, 6) is -2.49. The molecule has 0 aromatic carbocycles. The van der Waals surface area contributed by atoms with Crippen LogP contribution in [0.25, 0.3) is 0 Å². The van der Waals surface area contributed by atoms with E-state index in [0.717, 1.165) is 13.0 Å². The van der Waals surface area contributed by atoms with E-state index >= 15 is 0 Å². The highest BCUT2D eigenvalue weighted by Gasteiger charge is 2.61. The van der Waals surface area contributed by atoms with Crippen LogP contribution in [0.15, 0.2) is 0 Å². The van der Waals surface area contributed by atoms with Gasteiger partial charge in [0.15, 0.2) is 0 Å². The van der Waals surface area contributed by atoms with Gasteiger partial charge in [-0.3, -0.25) is 5.32 Å². The molecule has 2 saturated heterocycles. The van der Waals surface area contributed by atoms with Crippen LogP contribution < -0.4 is 10.6 Å². The van der Waals surface area contributed by atoms with Crippen LogP contribution in [0.4, 0.5) is 8.78 Å². The summed E-state index contributed by atoms with van der Waals surface area (Å²) in [6, 6.07) is 0. The van der Waals surface area contributed by atoms with Crippen LogP contribution >= 0.6 is 0 Å². The zero-order chi connectivity index (χ0) is 7.95. The van der Waals surface area contributed by atoms with Crippen LogP contribution in [0.3, 0.4) is 0 Å². The van der Waals surface area contributed by atoms with Gasteiger partial charge in [-0.2, -0.15) is 0 Å². The molecule has 2 fully saturated rings. The minimum absolute atomic E-state index is 0.144. The zero-order valence-electron chi connectivity index (χ0n) is 6.29. The quantitative estimate of drug-likeness (QED) is 0.537. The molecule has 11 heavy (non-hydrogen) atoms. The number of nitrogens with one attached hydrogen (secondary N) is 2. The third-order valence-corrected chi connectivity index (χ3v) is 2.73. The van der Waals surface area contributed by atoms with E-state index in [1.54, 1.807) is 0 Å². The molecule has 2 aliphatic rings. The molecule has 0 aromatic rings. The number of piperidine rings is 1. The van der Waals surface area contributed by atoms with Crippen molar-refractivity contribution in [2.45, 2.75) is 24.3 Å². The van der Waals surface area contributed by atoms with E-state index in [1.807, 2.05) is 0 Å². The first-order chi connectivity index (χ1) is 5.16. The first-order valence-electron chi connectivity index (χ1n) is 4.00. The van der Waals surface area contributed by atoms with Gasteiger partial charge in [-0.1, -0.05) is 0 Å². The molecule has 2 rings (SSSR count). The molecule has 1 unspecified atom stereocenters. The lowest BCUT2D eigenvalue weighted by atomic mass is 9.77. The predicted octanol–water partition coefficient (Wildman–Crippen LogP) is 0.347. The molecule has 2 heterocycles. The predicted molar refractivity (Wildman–Crippen MR) is 37.8 cm³/mol. The molecule has 1 spiro atoms. The molecule has 64 valence electrons. The standard InChI is InChI=1S/C7H12F2N2/c8-7(9)5-11-6(7)2-1-3-10-4-6/h10-11H,1-5H2. The Labute approximate surface area is 64.3 Å². The molecule has 2 N–H and O–H groups in total. The number of rotatable bonds is 0. The fourth-order valence-electron chi connectivity index (χ4n) is 1.84. The number of alkyl halides is 2. The van der Waals surface area contributed by atoms with Gasteiger partial charge in [-0.25, -0.2) is 8.78 Å². The van der Waals surface area contributed by atoms with Gasteiger partial charge in [0.1, 0.15) is 0 Å². The first-order valence-corrected chi connectivity index (χ1v) is 4.00. The maximum Gasteiger partial charge on any atom is 0.279 e. The van der Waals surface area contributed by atoms with E-state index in [4.69, 9.17) is 0 Å². The van der Waals surface area contributed by atoms with E-state index in [1.165, 1.54) is 0 Å². The summed E-state index contributed by atoms with van der Waals surface area (Å²) < 4.78 is 26.0. The average molecular weight is 162 g/mol. The van der Waals surface area contributed by atoms with Crippen LogP contribution in [0, 0.1) is 0 Å². The molecule has 0 bridgehead atoms. The molecule has 0 aliphatic carbocycles. The van der Waals surface area contributed by atoms with Gasteiger partial charge in [0.25, 0.3) is 5.92 Å². The smallest absolute Gasteiger partial charge is 0.279 e. The zero-order valence-corrected chi connectivity index (χ0v) is 6.29. The van der Waals surface area contributed by atoms with Crippen molar-refractivity contribution < 1.29 is 8.78 Å². The number of hydrogen-bond acceptors (Lipinski definition) is 2. The summed E-state index contributed by atoms with van der Waals surface area (Å²) in [5, 5.41) is 5.83. The number of hydrogen-bond donors (Lipinski definition) is 2. The van der Waals surface area contributed by atoms with Gasteiger partial charge in [-0.15, -0.1) is 0 Å². The highest BCUT2D eigenvalue weighted by atomic mass is 19.3. The van der Waals surface area contributed by atoms with Gasteiger partial charge in [0.2, 0.25) is 0 Å². The van der Waals surface area contributed by atoms with Gasteiger partial charge in [-0.05, 0) is 19.4 Å². The second-order valence-corrected chi connectivity index (χ2v) is 3.42. The van der Waals surface area contributed by atoms with Gasteiger partial charge >= 0.3 is 0 Å². The van der Waals surface area contributed by atoms with Crippen molar-refractivity contribution >= 4 is 0 Å². The summed E-state index contributed by atoms with van der Waals surface area (Å²) in [6.07, 6.45) is 1.45. The fraction of sp³-hybridized carbons (Fsp3) is 1.00. The van der Waals surface area contributed by atoms with Crippen molar-refractivity contribution in [1.82, 2.24) is 10.6 Å². The van der Waals surface area contributed by atoms with Crippen LogP contribution in [0.2, 0.25) is 0 Å². The molecule has 0 amide bonds. The average Bonchev–Trinajstić information content (AvgIpc) is 2.04. The molecule has 2 nitrogen and oxygen atoms in total. The van der Waals surface area contributed by atoms with E-state index in [2.05, 4.69) is 10.6 Å². The Morgan fingerprint density at radius 2 is 2.00 bits per heavy atom. The maximum atomic E-state index is 13.0. The lowest BCUT2D eigenvalue weighted by molar-refractivity contribution is -0.161. The summed E-state index contributed by atoms with van der Waals surface area (Å²) in [4.78, 5) is 0. The van der Waals surface area contributed by atoms with Crippen molar-refractivity contribution in [3.05, 3.63) is 0 Å². The Morgan fingerprint density at radius 1 is 1.18 bits per heavy atom. The highest BCUT2D eigenvalue weighted by molar-refractivity contribution is 5.12. The topological polar surface area (TPSA) is 24.1 Å². The molecule has 0 saturated carbocycles. The van der Waals surface area contributed by atoms with Crippen molar-refractivity contribution in [1.29, 1.82) is 0 Å². The Hall–Kier alpha value is -0.220. The minimum atomic E-state index is -2.49. The minimum Gasteiger partial charge on any atom is -0.315 e. The van der Waals surface area contributed by atoms with Gasteiger partial charge in [0.05, 0.1) is 12.1 Å². The second kappa shape index (κ2) is 2.14. The number of halogens is 2. The molecular weight excluding hydrogens is 150 g/mol. The van der Waals surface area contributed by atoms with Crippen molar-refractivity contribution in [3.63, 3.8) is 0 Å². The summed E-state index contributed by atoms with van der Waals surface area (Å²) >= 11 is 0. The molecule has 0 radical (unpaired) electrons. The third kappa shape index (κ3) is 0.891. The molecule has 2 aliphatic heterocycles. The molecule has 1 atom stereocenters. The van der Waals surface area contributed by atoms with E-state index in [9.17, 15) is 8.78 Å². The maximum absolute atomic E-state index is 13.0. The second-order valence-electron chi connectivity index (χ2n) is 3.42. The first kappa shape index (κ1) is 7.43. The van der Waals surface area contributed by atoms with E-state index in [-0.39, 0.29) is 6.54 Å². The normalized spacial score (nSPS) is 42.0. The van der Waals surface area contributed by atoms with Crippen molar-refractivity contribution in [2.24, 2.45) is 0 Å². The third-order valence-electron chi connectivity index (χ3n) is 2.73. The fourth-order valence-corrected chi connectivity index (χ4v) is 1.84.